The van der Waals surface area contributed by atoms with Gasteiger partial charge in [0.05, 0.1) is 0 Å². The summed E-state index contributed by atoms with van der Waals surface area (Å²) in [5.74, 6) is 2.97. The Kier molecular flexibility index (Phi) is 8.18. The van der Waals surface area contributed by atoms with Crippen LogP contribution in [0, 0.1) is 18.3 Å². The Hall–Kier alpha value is -1.49. The van der Waals surface area contributed by atoms with Gasteiger partial charge in [-0.25, -0.2) is 0 Å². The number of carbonyl (C=O) groups is 1. The summed E-state index contributed by atoms with van der Waals surface area (Å²) in [6.07, 6.45) is 13.7. The first kappa shape index (κ1) is 13.5. The molecule has 0 aliphatic heterocycles. The van der Waals surface area contributed by atoms with Gasteiger partial charge >= 0.3 is 0 Å². The summed E-state index contributed by atoms with van der Waals surface area (Å²) < 4.78 is 0. The molecule has 1 amide bonds. The fourth-order valence-electron chi connectivity index (χ4n) is 0.848. The molecule has 0 unspecified atom stereocenters. The molecule has 0 saturated heterocycles. The molecule has 0 aromatic rings. The Balaban J connectivity index is 3.63. The molecule has 0 aliphatic rings. The third-order valence-electron chi connectivity index (χ3n) is 1.63. The van der Waals surface area contributed by atoms with Crippen LogP contribution in [0.3, 0.4) is 0 Å². The van der Waals surface area contributed by atoms with Gasteiger partial charge in [-0.15, -0.1) is 12.3 Å². The molecule has 2 nitrogen and oxygen atoms in total. The van der Waals surface area contributed by atoms with Crippen molar-refractivity contribution < 1.29 is 4.79 Å². The molecule has 0 fully saturated rings. The van der Waals surface area contributed by atoms with E-state index in [4.69, 9.17) is 6.42 Å². The first-order chi connectivity index (χ1) is 7.16. The number of unbranched alkanes of at least 4 members (excludes halogenated alkanes) is 1. The van der Waals surface area contributed by atoms with Crippen LogP contribution in [0.15, 0.2) is 24.3 Å². The number of amides is 1. The van der Waals surface area contributed by atoms with Gasteiger partial charge in [-0.3, -0.25) is 4.79 Å². The van der Waals surface area contributed by atoms with E-state index in [0.717, 1.165) is 12.8 Å². The van der Waals surface area contributed by atoms with Gasteiger partial charge in [-0.05, 0) is 12.3 Å². The molecule has 0 saturated carbocycles. The summed E-state index contributed by atoms with van der Waals surface area (Å²) in [6.45, 7) is 4.83. The third kappa shape index (κ3) is 10.4. The fraction of sp³-hybridized carbons (Fsp3) is 0.462. The van der Waals surface area contributed by atoms with Gasteiger partial charge in [0.2, 0.25) is 5.91 Å². The summed E-state index contributed by atoms with van der Waals surface area (Å²) in [5.41, 5.74) is 0. The van der Waals surface area contributed by atoms with E-state index in [-0.39, 0.29) is 5.91 Å². The first-order valence-corrected chi connectivity index (χ1v) is 5.21. The quantitative estimate of drug-likeness (QED) is 0.306. The van der Waals surface area contributed by atoms with E-state index in [2.05, 4.69) is 25.1 Å². The van der Waals surface area contributed by atoms with E-state index < -0.39 is 0 Å². The van der Waals surface area contributed by atoms with Crippen molar-refractivity contribution in [2.24, 2.45) is 5.92 Å². The zero-order chi connectivity index (χ0) is 11.5. The van der Waals surface area contributed by atoms with Crippen LogP contribution in [-0.2, 0) is 4.79 Å². The number of terminal acetylenes is 1. The summed E-state index contributed by atoms with van der Waals surface area (Å²) in [4.78, 5) is 11.2. The minimum Gasteiger partial charge on any atom is -0.352 e. The SMILES string of the molecule is C#CCCC=CC=CC(=O)NCC(C)C. The molecular weight excluding hydrogens is 186 g/mol. The van der Waals surface area contributed by atoms with Gasteiger partial charge in [0.15, 0.2) is 0 Å². The average molecular weight is 205 g/mol. The normalized spacial score (nSPS) is 11.1. The highest BCUT2D eigenvalue weighted by atomic mass is 16.1. The van der Waals surface area contributed by atoms with E-state index in [9.17, 15) is 4.79 Å². The zero-order valence-corrected chi connectivity index (χ0v) is 9.49. The number of allylic oxidation sites excluding steroid dienone is 3. The number of nitrogens with one attached hydrogen (secondary N) is 1. The highest BCUT2D eigenvalue weighted by molar-refractivity contribution is 5.87. The molecule has 1 N–H and O–H groups in total. The zero-order valence-electron chi connectivity index (χ0n) is 9.49. The van der Waals surface area contributed by atoms with E-state index in [1.165, 1.54) is 6.08 Å². The molecule has 0 rings (SSSR count). The van der Waals surface area contributed by atoms with Crippen molar-refractivity contribution in [1.29, 1.82) is 0 Å². The number of hydrogen-bond acceptors (Lipinski definition) is 1. The lowest BCUT2D eigenvalue weighted by Crippen LogP contribution is -2.25. The summed E-state index contributed by atoms with van der Waals surface area (Å²) >= 11 is 0. The number of hydrogen-bond donors (Lipinski definition) is 1. The van der Waals surface area contributed by atoms with Gasteiger partial charge in [0.25, 0.3) is 0 Å². The van der Waals surface area contributed by atoms with Crippen LogP contribution in [0.4, 0.5) is 0 Å². The van der Waals surface area contributed by atoms with Crippen molar-refractivity contribution in [2.75, 3.05) is 6.54 Å². The van der Waals surface area contributed by atoms with Gasteiger partial charge < -0.3 is 5.32 Å². The lowest BCUT2D eigenvalue weighted by atomic mass is 10.2. The Morgan fingerprint density at radius 1 is 1.47 bits per heavy atom. The molecule has 0 aromatic heterocycles. The molecule has 0 atom stereocenters. The van der Waals surface area contributed by atoms with Crippen LogP contribution in [-0.4, -0.2) is 12.5 Å². The Labute approximate surface area is 92.4 Å². The van der Waals surface area contributed by atoms with Gasteiger partial charge in [-0.1, -0.05) is 32.1 Å². The monoisotopic (exact) mass is 205 g/mol. The standard InChI is InChI=1S/C13H19NO/c1-4-5-6-7-8-9-10-13(15)14-11-12(2)3/h1,7-10,12H,5-6,11H2,2-3H3,(H,14,15). The predicted molar refractivity (Wildman–Crippen MR) is 64.2 cm³/mol. The molecule has 0 heterocycles. The van der Waals surface area contributed by atoms with Crippen LogP contribution in [0.25, 0.3) is 0 Å². The maximum absolute atomic E-state index is 11.2. The lowest BCUT2D eigenvalue weighted by Gasteiger charge is -2.03. The minimum atomic E-state index is -0.0506. The highest BCUT2D eigenvalue weighted by Gasteiger charge is 1.95. The van der Waals surface area contributed by atoms with Gasteiger partial charge in [0.1, 0.15) is 0 Å². The van der Waals surface area contributed by atoms with Crippen LogP contribution >= 0.6 is 0 Å². The van der Waals surface area contributed by atoms with E-state index in [1.54, 1.807) is 6.08 Å². The topological polar surface area (TPSA) is 29.1 Å². The van der Waals surface area contributed by atoms with E-state index in [1.807, 2.05) is 12.2 Å². The maximum Gasteiger partial charge on any atom is 0.243 e. The van der Waals surface area contributed by atoms with Crippen molar-refractivity contribution >= 4 is 5.91 Å². The number of carbonyl (C=O) groups excluding carboxylic acids is 1. The van der Waals surface area contributed by atoms with Crippen LogP contribution in [0.2, 0.25) is 0 Å². The predicted octanol–water partition coefficient (Wildman–Crippen LogP) is 2.28. The second-order valence-corrected chi connectivity index (χ2v) is 3.67. The fourth-order valence-corrected chi connectivity index (χ4v) is 0.848. The van der Waals surface area contributed by atoms with Crippen molar-refractivity contribution in [3.05, 3.63) is 24.3 Å². The van der Waals surface area contributed by atoms with Crippen LogP contribution in [0.5, 0.6) is 0 Å². The highest BCUT2D eigenvalue weighted by Crippen LogP contribution is 1.90. The molecule has 82 valence electrons. The Morgan fingerprint density at radius 2 is 2.20 bits per heavy atom. The summed E-state index contributed by atoms with van der Waals surface area (Å²) in [5, 5.41) is 2.79. The molecule has 2 heteroatoms. The lowest BCUT2D eigenvalue weighted by molar-refractivity contribution is -0.116. The largest absolute Gasteiger partial charge is 0.352 e. The second kappa shape index (κ2) is 9.08. The van der Waals surface area contributed by atoms with Crippen molar-refractivity contribution in [2.45, 2.75) is 26.7 Å². The Morgan fingerprint density at radius 3 is 2.80 bits per heavy atom. The minimum absolute atomic E-state index is 0.0506. The molecular formula is C13H19NO. The number of rotatable bonds is 6. The maximum atomic E-state index is 11.2. The van der Waals surface area contributed by atoms with Crippen molar-refractivity contribution in [3.63, 3.8) is 0 Å². The van der Waals surface area contributed by atoms with Crippen LogP contribution in [0.1, 0.15) is 26.7 Å². The van der Waals surface area contributed by atoms with Crippen LogP contribution < -0.4 is 5.32 Å². The summed E-state index contributed by atoms with van der Waals surface area (Å²) in [6, 6.07) is 0. The third-order valence-corrected chi connectivity index (χ3v) is 1.63. The van der Waals surface area contributed by atoms with Gasteiger partial charge in [-0.2, -0.15) is 0 Å². The first-order valence-electron chi connectivity index (χ1n) is 5.21. The molecule has 0 radical (unpaired) electrons. The Bertz CT molecular complexity index is 269. The smallest absolute Gasteiger partial charge is 0.243 e. The molecule has 0 aliphatic carbocycles. The van der Waals surface area contributed by atoms with Crippen molar-refractivity contribution in [1.82, 2.24) is 5.32 Å². The molecule has 15 heavy (non-hydrogen) atoms. The van der Waals surface area contributed by atoms with E-state index >= 15 is 0 Å². The molecule has 0 bridgehead atoms. The molecule has 0 spiro atoms. The molecule has 0 aromatic carbocycles. The van der Waals surface area contributed by atoms with Crippen molar-refractivity contribution in [3.8, 4) is 12.3 Å². The van der Waals surface area contributed by atoms with Gasteiger partial charge in [0, 0.05) is 19.0 Å². The second-order valence-electron chi connectivity index (χ2n) is 3.67. The summed E-state index contributed by atoms with van der Waals surface area (Å²) in [7, 11) is 0. The average Bonchev–Trinajstić information content (AvgIpc) is 2.20. The van der Waals surface area contributed by atoms with E-state index in [0.29, 0.717) is 12.5 Å².